The van der Waals surface area contributed by atoms with Crippen molar-refractivity contribution in [1.82, 2.24) is 25.0 Å². The summed E-state index contributed by atoms with van der Waals surface area (Å²) in [6, 6.07) is 14.9. The summed E-state index contributed by atoms with van der Waals surface area (Å²) in [6.45, 7) is 1.17. The Balaban J connectivity index is 1.38. The highest BCUT2D eigenvalue weighted by atomic mass is 32.1. The third-order valence-electron chi connectivity index (χ3n) is 5.16. The van der Waals surface area contributed by atoms with Gasteiger partial charge in [-0.2, -0.15) is 5.10 Å². The fraction of sp³-hybridized carbons (Fsp3) is 0.190. The van der Waals surface area contributed by atoms with E-state index in [9.17, 15) is 9.59 Å². The molecule has 0 saturated carbocycles. The van der Waals surface area contributed by atoms with Crippen molar-refractivity contribution >= 4 is 34.1 Å². The van der Waals surface area contributed by atoms with Gasteiger partial charge in [0, 0.05) is 22.0 Å². The van der Waals surface area contributed by atoms with Crippen LogP contribution in [0, 0.1) is 0 Å². The summed E-state index contributed by atoms with van der Waals surface area (Å²) < 4.78 is 1.72. The topological polar surface area (TPSA) is 83.0 Å². The number of para-hydroxylation sites is 1. The van der Waals surface area contributed by atoms with Crippen LogP contribution in [-0.4, -0.2) is 38.0 Å². The largest absolute Gasteiger partial charge is 0.351 e. The number of aromatic amines is 1. The molecule has 0 spiro atoms. The second kappa shape index (κ2) is 7.21. The maximum absolute atomic E-state index is 13.1. The lowest BCUT2D eigenvalue weighted by molar-refractivity contribution is -0.125. The highest BCUT2D eigenvalue weighted by Gasteiger charge is 2.33. The number of fused-ring (bicyclic) bond motifs is 2. The predicted octanol–water partition coefficient (Wildman–Crippen LogP) is 2.94. The second-order valence-corrected chi connectivity index (χ2v) is 8.07. The van der Waals surface area contributed by atoms with Crippen molar-refractivity contribution in [3.63, 3.8) is 0 Å². The van der Waals surface area contributed by atoms with Gasteiger partial charge in [0.15, 0.2) is 0 Å². The monoisotopic (exact) mass is 405 g/mol. The van der Waals surface area contributed by atoms with Gasteiger partial charge < -0.3 is 15.2 Å². The first kappa shape index (κ1) is 17.7. The summed E-state index contributed by atoms with van der Waals surface area (Å²) in [7, 11) is 0. The Morgan fingerprint density at radius 2 is 2.10 bits per heavy atom. The van der Waals surface area contributed by atoms with Crippen LogP contribution in [0.15, 0.2) is 60.1 Å². The summed E-state index contributed by atoms with van der Waals surface area (Å²) in [6.07, 6.45) is 1.67. The molecule has 0 unspecified atom stereocenters. The Morgan fingerprint density at radius 3 is 2.93 bits per heavy atom. The number of amides is 2. The minimum Gasteiger partial charge on any atom is -0.351 e. The molecule has 2 N–H and O–H groups in total. The van der Waals surface area contributed by atoms with E-state index in [2.05, 4.69) is 15.4 Å². The number of nitrogens with one attached hydrogen (secondary N) is 2. The highest BCUT2D eigenvalue weighted by molar-refractivity contribution is 7.09. The SMILES string of the molecule is O=C(NCc1cccs1)[C@H]1CN(C(=O)c2cc3ccccc3[nH]2)Cc2ccnn21. The van der Waals surface area contributed by atoms with Crippen LogP contribution >= 0.6 is 11.3 Å². The summed E-state index contributed by atoms with van der Waals surface area (Å²) in [4.78, 5) is 32.0. The van der Waals surface area contributed by atoms with E-state index in [1.165, 1.54) is 0 Å². The molecule has 2 amide bonds. The van der Waals surface area contributed by atoms with Gasteiger partial charge in [0.2, 0.25) is 5.91 Å². The van der Waals surface area contributed by atoms with Gasteiger partial charge in [0.25, 0.3) is 5.91 Å². The lowest BCUT2D eigenvalue weighted by atomic mass is 10.1. The first-order chi connectivity index (χ1) is 14.2. The molecule has 1 aliphatic rings. The number of H-pyrrole nitrogens is 1. The van der Waals surface area contributed by atoms with Crippen LogP contribution < -0.4 is 5.32 Å². The number of rotatable bonds is 4. The zero-order valence-corrected chi connectivity index (χ0v) is 16.4. The first-order valence-electron chi connectivity index (χ1n) is 9.38. The molecule has 146 valence electrons. The van der Waals surface area contributed by atoms with Crippen molar-refractivity contribution in [2.75, 3.05) is 6.54 Å². The molecule has 4 aromatic rings. The van der Waals surface area contributed by atoms with Crippen molar-refractivity contribution in [2.24, 2.45) is 0 Å². The van der Waals surface area contributed by atoms with Crippen molar-refractivity contribution in [3.05, 3.63) is 76.4 Å². The number of hydrogen-bond acceptors (Lipinski definition) is 4. The average Bonchev–Trinajstić information content (AvgIpc) is 3.50. The molecule has 0 saturated heterocycles. The van der Waals surface area contributed by atoms with Crippen molar-refractivity contribution in [2.45, 2.75) is 19.1 Å². The third kappa shape index (κ3) is 3.31. The lowest BCUT2D eigenvalue weighted by Gasteiger charge is -2.33. The van der Waals surface area contributed by atoms with E-state index in [1.807, 2.05) is 53.9 Å². The van der Waals surface area contributed by atoms with Crippen LogP contribution in [0.25, 0.3) is 10.9 Å². The van der Waals surface area contributed by atoms with E-state index >= 15 is 0 Å². The number of carbonyl (C=O) groups excluding carboxylic acids is 2. The van der Waals surface area contributed by atoms with E-state index in [0.717, 1.165) is 21.5 Å². The fourth-order valence-corrected chi connectivity index (χ4v) is 4.35. The standard InChI is InChI=1S/C21H19N5O2S/c27-20(22-11-16-5-3-9-29-16)19-13-25(12-15-7-8-23-26(15)19)21(28)18-10-14-4-1-2-6-17(14)24-18/h1-10,19,24H,11-13H2,(H,22,27)/t19-/m1/s1. The second-order valence-electron chi connectivity index (χ2n) is 7.04. The van der Waals surface area contributed by atoms with Gasteiger partial charge in [0.1, 0.15) is 11.7 Å². The Bertz CT molecular complexity index is 1140. The van der Waals surface area contributed by atoms with Gasteiger partial charge in [-0.1, -0.05) is 24.3 Å². The number of benzene rings is 1. The normalized spacial score (nSPS) is 16.0. The zero-order valence-electron chi connectivity index (χ0n) is 15.5. The van der Waals surface area contributed by atoms with Crippen LogP contribution in [-0.2, 0) is 17.9 Å². The van der Waals surface area contributed by atoms with Gasteiger partial charge in [0.05, 0.1) is 25.3 Å². The van der Waals surface area contributed by atoms with Gasteiger partial charge in [-0.15, -0.1) is 11.3 Å². The van der Waals surface area contributed by atoms with Gasteiger partial charge >= 0.3 is 0 Å². The highest BCUT2D eigenvalue weighted by Crippen LogP contribution is 2.24. The van der Waals surface area contributed by atoms with Gasteiger partial charge in [-0.25, -0.2) is 0 Å². The Morgan fingerprint density at radius 1 is 1.21 bits per heavy atom. The van der Waals surface area contributed by atoms with Crippen molar-refractivity contribution in [1.29, 1.82) is 0 Å². The number of aromatic nitrogens is 3. The summed E-state index contributed by atoms with van der Waals surface area (Å²) in [5, 5.41) is 10.3. The zero-order chi connectivity index (χ0) is 19.8. The Labute approximate surface area is 171 Å². The molecule has 7 nitrogen and oxygen atoms in total. The van der Waals surface area contributed by atoms with Crippen LogP contribution in [0.3, 0.4) is 0 Å². The molecular formula is C21H19N5O2S. The molecule has 0 bridgehead atoms. The van der Waals surface area contributed by atoms with Gasteiger partial charge in [-0.05, 0) is 29.6 Å². The Kier molecular flexibility index (Phi) is 4.40. The molecule has 1 aliphatic heterocycles. The first-order valence-corrected chi connectivity index (χ1v) is 10.3. The molecule has 8 heteroatoms. The van der Waals surface area contributed by atoms with Crippen LogP contribution in [0.4, 0.5) is 0 Å². The molecule has 3 aromatic heterocycles. The lowest BCUT2D eigenvalue weighted by Crippen LogP contribution is -2.47. The van der Waals surface area contributed by atoms with E-state index in [0.29, 0.717) is 18.8 Å². The predicted molar refractivity (Wildman–Crippen MR) is 110 cm³/mol. The van der Waals surface area contributed by atoms with Crippen molar-refractivity contribution < 1.29 is 9.59 Å². The molecular weight excluding hydrogens is 386 g/mol. The molecule has 5 rings (SSSR count). The van der Waals surface area contributed by atoms with Crippen LogP contribution in [0.5, 0.6) is 0 Å². The fourth-order valence-electron chi connectivity index (χ4n) is 3.71. The van der Waals surface area contributed by atoms with Crippen LogP contribution in [0.1, 0.15) is 27.1 Å². The minimum absolute atomic E-state index is 0.121. The van der Waals surface area contributed by atoms with E-state index in [-0.39, 0.29) is 18.4 Å². The molecule has 1 atom stereocenters. The smallest absolute Gasteiger partial charge is 0.270 e. The van der Waals surface area contributed by atoms with E-state index in [4.69, 9.17) is 0 Å². The number of nitrogens with zero attached hydrogens (tertiary/aromatic N) is 3. The Hall–Kier alpha value is -3.39. The molecule has 0 radical (unpaired) electrons. The number of thiophene rings is 1. The molecule has 1 aromatic carbocycles. The maximum Gasteiger partial charge on any atom is 0.270 e. The van der Waals surface area contributed by atoms with Gasteiger partial charge in [-0.3, -0.25) is 14.3 Å². The van der Waals surface area contributed by atoms with Crippen LogP contribution in [0.2, 0.25) is 0 Å². The van der Waals surface area contributed by atoms with E-state index < -0.39 is 6.04 Å². The summed E-state index contributed by atoms with van der Waals surface area (Å²) >= 11 is 1.60. The third-order valence-corrected chi connectivity index (χ3v) is 6.04. The summed E-state index contributed by atoms with van der Waals surface area (Å²) in [5.41, 5.74) is 2.29. The number of carbonyl (C=O) groups is 2. The molecule has 29 heavy (non-hydrogen) atoms. The van der Waals surface area contributed by atoms with E-state index in [1.54, 1.807) is 27.1 Å². The van der Waals surface area contributed by atoms with Crippen molar-refractivity contribution in [3.8, 4) is 0 Å². The molecule has 0 aliphatic carbocycles. The molecule has 4 heterocycles. The number of hydrogen-bond donors (Lipinski definition) is 2. The molecule has 0 fully saturated rings. The quantitative estimate of drug-likeness (QED) is 0.548. The maximum atomic E-state index is 13.1. The summed E-state index contributed by atoms with van der Waals surface area (Å²) in [5.74, 6) is -0.262. The average molecular weight is 405 g/mol. The minimum atomic E-state index is -0.554.